The average Bonchev–Trinajstić information content (AvgIpc) is 2.86. The molecular formula is C15H18N4O2. The number of amides is 1. The van der Waals surface area contributed by atoms with Crippen LogP contribution in [-0.2, 0) is 0 Å². The van der Waals surface area contributed by atoms with E-state index in [-0.39, 0.29) is 11.8 Å². The van der Waals surface area contributed by atoms with Gasteiger partial charge in [-0.3, -0.25) is 4.79 Å². The number of carbonyl (C=O) groups is 1. The van der Waals surface area contributed by atoms with Crippen molar-refractivity contribution in [2.24, 2.45) is 0 Å². The van der Waals surface area contributed by atoms with E-state index >= 15 is 0 Å². The van der Waals surface area contributed by atoms with Gasteiger partial charge in [-0.25, -0.2) is 9.97 Å². The second-order valence-electron chi connectivity index (χ2n) is 5.42. The summed E-state index contributed by atoms with van der Waals surface area (Å²) in [6.45, 7) is 5.03. The zero-order chi connectivity index (χ0) is 14.8. The number of carbonyl (C=O) groups excluding carboxylic acids is 1. The first kappa shape index (κ1) is 13.7. The Balaban J connectivity index is 1.79. The first-order valence-electron chi connectivity index (χ1n) is 7.15. The van der Waals surface area contributed by atoms with E-state index in [1.807, 2.05) is 11.0 Å². The second-order valence-corrected chi connectivity index (χ2v) is 5.42. The van der Waals surface area contributed by atoms with Gasteiger partial charge in [0.1, 0.15) is 17.7 Å². The predicted molar refractivity (Wildman–Crippen MR) is 75.9 cm³/mol. The summed E-state index contributed by atoms with van der Waals surface area (Å²) in [6.07, 6.45) is 5.33. The summed E-state index contributed by atoms with van der Waals surface area (Å²) < 4.78 is 5.10. The molecule has 1 fully saturated rings. The number of likely N-dealkylation sites (tertiary alicyclic amines) is 1. The molecule has 3 rings (SSSR count). The van der Waals surface area contributed by atoms with Crippen LogP contribution in [0.25, 0.3) is 0 Å². The molecule has 110 valence electrons. The van der Waals surface area contributed by atoms with E-state index in [0.717, 1.165) is 25.1 Å². The lowest BCUT2D eigenvalue weighted by atomic mass is 9.94. The SMILES string of the molecule is Cc1noc(C)c1C(=O)N1CCCC(c2ccncn2)C1. The molecule has 0 N–H and O–H groups in total. The molecule has 0 spiro atoms. The standard InChI is InChI=1S/C15H18N4O2/c1-10-14(11(2)21-18-10)15(20)19-7-3-4-12(8-19)13-5-6-16-9-17-13/h5-6,9,12H,3-4,7-8H2,1-2H3. The molecule has 0 bridgehead atoms. The number of hydrogen-bond donors (Lipinski definition) is 0. The van der Waals surface area contributed by atoms with Crippen molar-refractivity contribution < 1.29 is 9.32 Å². The molecule has 0 saturated carbocycles. The first-order chi connectivity index (χ1) is 10.2. The van der Waals surface area contributed by atoms with Crippen LogP contribution < -0.4 is 0 Å². The minimum atomic E-state index is 0.00464. The Morgan fingerprint density at radius 2 is 2.29 bits per heavy atom. The van der Waals surface area contributed by atoms with Crippen LogP contribution in [-0.4, -0.2) is 39.0 Å². The van der Waals surface area contributed by atoms with E-state index in [1.165, 1.54) is 0 Å². The molecule has 1 unspecified atom stereocenters. The average molecular weight is 286 g/mol. The van der Waals surface area contributed by atoms with Gasteiger partial charge >= 0.3 is 0 Å². The van der Waals surface area contributed by atoms with Crippen molar-refractivity contribution in [3.05, 3.63) is 41.3 Å². The second kappa shape index (κ2) is 5.63. The Bertz CT molecular complexity index is 619. The Morgan fingerprint density at radius 1 is 1.43 bits per heavy atom. The topological polar surface area (TPSA) is 72.1 Å². The zero-order valence-electron chi connectivity index (χ0n) is 12.2. The maximum atomic E-state index is 12.7. The third-order valence-corrected chi connectivity index (χ3v) is 3.98. The molecule has 2 aromatic heterocycles. The van der Waals surface area contributed by atoms with Gasteiger partial charge in [0.2, 0.25) is 0 Å². The van der Waals surface area contributed by atoms with Crippen LogP contribution in [0.2, 0.25) is 0 Å². The van der Waals surface area contributed by atoms with Gasteiger partial charge in [-0.1, -0.05) is 5.16 Å². The molecule has 1 amide bonds. The molecule has 21 heavy (non-hydrogen) atoms. The number of hydrogen-bond acceptors (Lipinski definition) is 5. The highest BCUT2D eigenvalue weighted by molar-refractivity contribution is 5.96. The Labute approximate surface area is 123 Å². The lowest BCUT2D eigenvalue weighted by Crippen LogP contribution is -2.39. The van der Waals surface area contributed by atoms with Crippen LogP contribution >= 0.6 is 0 Å². The molecule has 6 nitrogen and oxygen atoms in total. The van der Waals surface area contributed by atoms with Crippen molar-refractivity contribution in [2.75, 3.05) is 13.1 Å². The van der Waals surface area contributed by atoms with E-state index < -0.39 is 0 Å². The number of piperidine rings is 1. The quantitative estimate of drug-likeness (QED) is 0.845. The Kier molecular flexibility index (Phi) is 3.68. The van der Waals surface area contributed by atoms with Gasteiger partial charge in [0, 0.05) is 30.9 Å². The summed E-state index contributed by atoms with van der Waals surface area (Å²) in [5.41, 5.74) is 2.25. The fourth-order valence-corrected chi connectivity index (χ4v) is 2.89. The van der Waals surface area contributed by atoms with Crippen LogP contribution in [0.1, 0.15) is 46.3 Å². The highest BCUT2D eigenvalue weighted by Crippen LogP contribution is 2.27. The van der Waals surface area contributed by atoms with Gasteiger partial charge in [0.25, 0.3) is 5.91 Å². The van der Waals surface area contributed by atoms with Gasteiger partial charge in [-0.2, -0.15) is 0 Å². The number of nitrogens with zero attached hydrogens (tertiary/aromatic N) is 4. The zero-order valence-corrected chi connectivity index (χ0v) is 12.2. The minimum absolute atomic E-state index is 0.00464. The van der Waals surface area contributed by atoms with E-state index in [4.69, 9.17) is 4.52 Å². The maximum absolute atomic E-state index is 12.7. The minimum Gasteiger partial charge on any atom is -0.361 e. The molecule has 2 aromatic rings. The van der Waals surface area contributed by atoms with Crippen molar-refractivity contribution in [1.82, 2.24) is 20.0 Å². The lowest BCUT2D eigenvalue weighted by molar-refractivity contribution is 0.0703. The van der Waals surface area contributed by atoms with Gasteiger partial charge < -0.3 is 9.42 Å². The van der Waals surface area contributed by atoms with Gasteiger partial charge in [0.15, 0.2) is 0 Å². The molecule has 1 aliphatic heterocycles. The van der Waals surface area contributed by atoms with Crippen LogP contribution in [0.15, 0.2) is 23.1 Å². The summed E-state index contributed by atoms with van der Waals surface area (Å²) in [4.78, 5) is 22.8. The molecular weight excluding hydrogens is 268 g/mol. The van der Waals surface area contributed by atoms with Crippen LogP contribution in [0, 0.1) is 13.8 Å². The fraction of sp³-hybridized carbons (Fsp3) is 0.467. The number of rotatable bonds is 2. The largest absolute Gasteiger partial charge is 0.361 e. The van der Waals surface area contributed by atoms with E-state index in [9.17, 15) is 4.79 Å². The highest BCUT2D eigenvalue weighted by Gasteiger charge is 2.29. The van der Waals surface area contributed by atoms with Crippen LogP contribution in [0.3, 0.4) is 0 Å². The Hall–Kier alpha value is -2.24. The van der Waals surface area contributed by atoms with Gasteiger partial charge in [-0.05, 0) is 32.8 Å². The van der Waals surface area contributed by atoms with E-state index in [1.54, 1.807) is 26.4 Å². The molecule has 0 radical (unpaired) electrons. The third kappa shape index (κ3) is 2.66. The van der Waals surface area contributed by atoms with Gasteiger partial charge in [-0.15, -0.1) is 0 Å². The third-order valence-electron chi connectivity index (χ3n) is 3.98. The van der Waals surface area contributed by atoms with Crippen molar-refractivity contribution in [1.29, 1.82) is 0 Å². The summed E-state index contributed by atoms with van der Waals surface area (Å²) >= 11 is 0. The first-order valence-corrected chi connectivity index (χ1v) is 7.15. The maximum Gasteiger partial charge on any atom is 0.259 e. The molecule has 1 aliphatic rings. The van der Waals surface area contributed by atoms with Crippen LogP contribution in [0.5, 0.6) is 0 Å². The van der Waals surface area contributed by atoms with Crippen molar-refractivity contribution in [3.63, 3.8) is 0 Å². The van der Waals surface area contributed by atoms with Crippen molar-refractivity contribution in [2.45, 2.75) is 32.6 Å². The molecule has 1 atom stereocenters. The number of aromatic nitrogens is 3. The molecule has 1 saturated heterocycles. The monoisotopic (exact) mass is 286 g/mol. The van der Waals surface area contributed by atoms with Crippen LogP contribution in [0.4, 0.5) is 0 Å². The van der Waals surface area contributed by atoms with E-state index in [2.05, 4.69) is 15.1 Å². The fourth-order valence-electron chi connectivity index (χ4n) is 2.89. The molecule has 0 aliphatic carbocycles. The Morgan fingerprint density at radius 3 is 2.95 bits per heavy atom. The highest BCUT2D eigenvalue weighted by atomic mass is 16.5. The normalized spacial score (nSPS) is 18.8. The van der Waals surface area contributed by atoms with E-state index in [0.29, 0.717) is 23.6 Å². The predicted octanol–water partition coefficient (Wildman–Crippen LogP) is 2.10. The number of aryl methyl sites for hydroxylation is 2. The summed E-state index contributed by atoms with van der Waals surface area (Å²) in [6, 6.07) is 1.93. The van der Waals surface area contributed by atoms with Crippen molar-refractivity contribution in [3.8, 4) is 0 Å². The van der Waals surface area contributed by atoms with Gasteiger partial charge in [0.05, 0.1) is 5.69 Å². The smallest absolute Gasteiger partial charge is 0.259 e. The summed E-state index contributed by atoms with van der Waals surface area (Å²) in [5.74, 6) is 0.859. The molecule has 0 aromatic carbocycles. The molecule has 3 heterocycles. The lowest BCUT2D eigenvalue weighted by Gasteiger charge is -2.32. The van der Waals surface area contributed by atoms with Crippen molar-refractivity contribution >= 4 is 5.91 Å². The summed E-state index contributed by atoms with van der Waals surface area (Å²) in [5, 5.41) is 3.87. The summed E-state index contributed by atoms with van der Waals surface area (Å²) in [7, 11) is 0. The molecule has 6 heteroatoms.